The Morgan fingerprint density at radius 3 is 1.20 bits per heavy atom. The summed E-state index contributed by atoms with van der Waals surface area (Å²) in [4.78, 5) is 0. The summed E-state index contributed by atoms with van der Waals surface area (Å²) in [7, 11) is 11.5. The summed E-state index contributed by atoms with van der Waals surface area (Å²) in [6, 6.07) is 1.75. The Morgan fingerprint density at radius 1 is 1.20 bits per heavy atom. The van der Waals surface area contributed by atoms with Crippen LogP contribution in [0.5, 0.6) is 0 Å². The van der Waals surface area contributed by atoms with Gasteiger partial charge in [0.25, 0.3) is 0 Å². The summed E-state index contributed by atoms with van der Waals surface area (Å²) in [5.74, 6) is 0. The quantitative estimate of drug-likeness (QED) is 0.706. The minimum atomic E-state index is -2.61. The molecule has 0 aromatic carbocycles. The molecule has 5 heteroatoms. The van der Waals surface area contributed by atoms with Crippen molar-refractivity contribution in [3.63, 3.8) is 0 Å². The van der Waals surface area contributed by atoms with Crippen LogP contribution in [0.4, 0.5) is 0 Å². The summed E-state index contributed by atoms with van der Waals surface area (Å²) < 4.78 is 0. The molecule has 0 heterocycles. The van der Waals surface area contributed by atoms with E-state index in [2.05, 4.69) is 0 Å². The van der Waals surface area contributed by atoms with Crippen molar-refractivity contribution in [1.82, 2.24) is 6.15 Å². The fourth-order valence-corrected chi connectivity index (χ4v) is 0. The minimum absolute atomic E-state index is 0. The molecule has 3 N–H and O–H groups in total. The van der Waals surface area contributed by atoms with Gasteiger partial charge in [-0.3, -0.25) is 0 Å². The number of nitrogens with zero attached hydrogens (tertiary/aromatic N) is 1. The second kappa shape index (κ2) is 5.38. The molecule has 0 unspecified atom stereocenters. The Kier molecular flexibility index (Phi) is 9.14. The van der Waals surface area contributed by atoms with Crippen molar-refractivity contribution in [2.24, 2.45) is 0 Å². The van der Waals surface area contributed by atoms with Crippen LogP contribution in [0.2, 0.25) is 15.9 Å². The molecule has 0 spiro atoms. The topological polar surface area (TPSA) is 58.8 Å². The molecule has 69 valence electrons. The average molecular weight is 369 g/mol. The fraction of sp³-hybridized carbons (Fsp3) is 0.800. The first-order chi connectivity index (χ1) is 3.65. The number of hydrogen-bond acceptors (Lipinski definition) is 2. The van der Waals surface area contributed by atoms with Gasteiger partial charge in [-0.2, -0.15) is 5.26 Å². The average Bonchev–Trinajstić information content (AvgIpc) is 1.23. The van der Waals surface area contributed by atoms with Crippen molar-refractivity contribution in [1.29, 1.82) is 5.26 Å². The fourth-order valence-electron chi connectivity index (χ4n) is 0. The van der Waals surface area contributed by atoms with Gasteiger partial charge in [0, 0.05) is 6.92 Å². The molecular weight excluding hydrogens is 354 g/mol. The summed E-state index contributed by atoms with van der Waals surface area (Å²) in [5, 5.41) is 13.1. The van der Waals surface area contributed by atoms with Gasteiger partial charge >= 0.3 is 47.5 Å². The molecule has 0 amide bonds. The van der Waals surface area contributed by atoms with Crippen LogP contribution in [0.3, 0.4) is 0 Å². The van der Waals surface area contributed by atoms with E-state index in [1.165, 1.54) is 6.92 Å². The van der Waals surface area contributed by atoms with E-state index in [9.17, 15) is 0 Å². The van der Waals surface area contributed by atoms with Crippen LogP contribution in [-0.4, -0.2) is 0 Å². The molecule has 0 aliphatic rings. The summed E-state index contributed by atoms with van der Waals surface area (Å²) >= 11 is -2.61. The summed E-state index contributed by atoms with van der Waals surface area (Å²) in [5.41, 5.74) is 0. The number of rotatable bonds is 0. The van der Waals surface area contributed by atoms with Crippen molar-refractivity contribution in [2.45, 2.75) is 22.9 Å². The van der Waals surface area contributed by atoms with Crippen molar-refractivity contribution in [3.05, 3.63) is 0 Å². The van der Waals surface area contributed by atoms with E-state index >= 15 is 0 Å². The Bertz CT molecular complexity index is 103. The monoisotopic (exact) mass is 368 g/mol. The first-order valence-electron chi connectivity index (χ1n) is 1.91. The molecule has 2 nitrogen and oxygen atoms in total. The van der Waals surface area contributed by atoms with Crippen LogP contribution in [0.25, 0.3) is 0 Å². The Morgan fingerprint density at radius 2 is 1.20 bits per heavy atom. The molecule has 0 bridgehead atoms. The Labute approximate surface area is 71.8 Å². The molecule has 0 aromatic heterocycles. The van der Waals surface area contributed by atoms with E-state index < -0.39 is 12.7 Å². The van der Waals surface area contributed by atoms with Crippen LogP contribution < -0.4 is 6.15 Å². The van der Waals surface area contributed by atoms with Gasteiger partial charge in [0.15, 0.2) is 0 Å². The van der Waals surface area contributed by atoms with Crippen LogP contribution >= 0.6 is 18.8 Å². The second-order valence-corrected chi connectivity index (χ2v) is 28.9. The number of halogens is 2. The van der Waals surface area contributed by atoms with Crippen molar-refractivity contribution in [2.75, 3.05) is 0 Å². The molecule has 10 heavy (non-hydrogen) atoms. The molecular formula is C5H15Cl2N2Pt. The van der Waals surface area contributed by atoms with E-state index in [1.54, 1.807) is 6.07 Å². The van der Waals surface area contributed by atoms with Crippen molar-refractivity contribution >= 4 is 18.8 Å². The first kappa shape index (κ1) is 17.0. The zero-order valence-corrected chi connectivity index (χ0v) is 10.5. The van der Waals surface area contributed by atoms with Gasteiger partial charge in [0.2, 0.25) is 0 Å². The predicted molar refractivity (Wildman–Crippen MR) is 45.6 cm³/mol. The van der Waals surface area contributed by atoms with Gasteiger partial charge in [0.05, 0.1) is 6.07 Å². The van der Waals surface area contributed by atoms with Crippen LogP contribution in [-0.2, 0) is 12.7 Å². The zero-order valence-electron chi connectivity index (χ0n) is 6.73. The summed E-state index contributed by atoms with van der Waals surface area (Å²) in [6.45, 7) is 1.43. The second-order valence-electron chi connectivity index (χ2n) is 1.93. The van der Waals surface area contributed by atoms with Gasteiger partial charge in [-0.15, -0.1) is 0 Å². The maximum atomic E-state index is 7.32. The molecule has 0 saturated heterocycles. The maximum absolute atomic E-state index is 7.32. The first-order valence-corrected chi connectivity index (χ1v) is 14.4. The number of nitriles is 1. The van der Waals surface area contributed by atoms with Gasteiger partial charge < -0.3 is 6.15 Å². The number of hydrogen-bond donors (Lipinski definition) is 1. The third-order valence-corrected chi connectivity index (χ3v) is 0. The standard InChI is InChI=1S/C2H3N.3CH3.2ClH.H3N.Pt/c1-2-3;;;;;;;/h1H3;3*1H3;2*1H;1H3;/q;;;;;;;+2/p-2. The normalized spacial score (nSPS) is 12.3. The van der Waals surface area contributed by atoms with Crippen LogP contribution in [0.15, 0.2) is 0 Å². The molecule has 0 saturated carbocycles. The van der Waals surface area contributed by atoms with Gasteiger partial charge in [-0.05, 0) is 0 Å². The van der Waals surface area contributed by atoms with Crippen LogP contribution in [0.1, 0.15) is 6.92 Å². The summed E-state index contributed by atoms with van der Waals surface area (Å²) in [6.07, 6.45) is 0. The molecule has 0 aromatic rings. The van der Waals surface area contributed by atoms with Crippen LogP contribution in [0, 0.1) is 11.3 Å². The van der Waals surface area contributed by atoms with E-state index in [4.69, 9.17) is 24.1 Å². The van der Waals surface area contributed by atoms with E-state index in [-0.39, 0.29) is 6.15 Å². The van der Waals surface area contributed by atoms with E-state index in [0.717, 1.165) is 0 Å². The Hall–Kier alpha value is 0.718. The molecule has 0 aliphatic heterocycles. The van der Waals surface area contributed by atoms with Gasteiger partial charge in [-0.25, -0.2) is 0 Å². The zero-order chi connectivity index (χ0) is 8.15. The third-order valence-electron chi connectivity index (χ3n) is 0. The molecule has 0 atom stereocenters. The predicted octanol–water partition coefficient (Wildman–Crippen LogP) is 3.82. The molecule has 0 radical (unpaired) electrons. The SMILES string of the molecule is CC#N.N.[CH3][Pt]([CH3])([CH3])([Cl])[Cl]. The Balaban J connectivity index is -0.000000107. The van der Waals surface area contributed by atoms with E-state index in [0.29, 0.717) is 0 Å². The molecule has 0 rings (SSSR count). The van der Waals surface area contributed by atoms with Crippen molar-refractivity contribution < 1.29 is 12.7 Å². The van der Waals surface area contributed by atoms with Crippen molar-refractivity contribution in [3.8, 4) is 6.07 Å². The third kappa shape index (κ3) is 1010. The van der Waals surface area contributed by atoms with Gasteiger partial charge in [0.1, 0.15) is 0 Å². The molecule has 0 aliphatic carbocycles. The van der Waals surface area contributed by atoms with Gasteiger partial charge in [-0.1, -0.05) is 0 Å². The molecule has 0 fully saturated rings. The van der Waals surface area contributed by atoms with E-state index in [1.807, 2.05) is 15.9 Å².